The first-order valence-electron chi connectivity index (χ1n) is 9.10. The summed E-state index contributed by atoms with van der Waals surface area (Å²) in [7, 11) is 1.96. The molecule has 4 heterocycles. The lowest BCUT2D eigenvalue weighted by Crippen LogP contribution is -2.33. The van der Waals surface area contributed by atoms with Crippen molar-refractivity contribution in [3.63, 3.8) is 0 Å². The molecule has 0 radical (unpaired) electrons. The van der Waals surface area contributed by atoms with Crippen LogP contribution in [-0.2, 0) is 0 Å². The van der Waals surface area contributed by atoms with E-state index in [1.165, 1.54) is 0 Å². The van der Waals surface area contributed by atoms with Gasteiger partial charge in [0, 0.05) is 32.0 Å². The van der Waals surface area contributed by atoms with Gasteiger partial charge in [-0.15, -0.1) is 5.10 Å². The maximum absolute atomic E-state index is 13.3. The minimum Gasteiger partial charge on any atom is -0.357 e. The molecule has 3 aromatic heterocycles. The van der Waals surface area contributed by atoms with Crippen LogP contribution < -0.4 is 9.80 Å². The fraction of sp³-hybridized carbons (Fsp3) is 0.263. The topological polar surface area (TPSA) is 92.4 Å². The van der Waals surface area contributed by atoms with Crippen molar-refractivity contribution in [1.82, 2.24) is 29.5 Å². The summed E-state index contributed by atoms with van der Waals surface area (Å²) in [5, 5.41) is 4.36. The van der Waals surface area contributed by atoms with E-state index in [1.54, 1.807) is 15.6 Å². The largest absolute Gasteiger partial charge is 0.357 e. The summed E-state index contributed by atoms with van der Waals surface area (Å²) in [6, 6.07) is 9.48. The standard InChI is InChI=1S/C19H18N8O/c1-12-8-9-20-19-23-15(24-27(12)19)18(28)26-11-5-10-25(2)16-17(26)22-14-7-4-3-6-13(14)21-16/h3-4,6-9H,5,10-11H2,1-2H3. The first kappa shape index (κ1) is 16.5. The normalized spacial score (nSPS) is 14.4. The molecule has 0 saturated heterocycles. The Bertz CT molecular complexity index is 1220. The van der Waals surface area contributed by atoms with Crippen LogP contribution in [0.2, 0.25) is 0 Å². The van der Waals surface area contributed by atoms with Gasteiger partial charge in [-0.2, -0.15) is 4.98 Å². The molecule has 0 spiro atoms. The van der Waals surface area contributed by atoms with Crippen LogP contribution >= 0.6 is 0 Å². The molecule has 0 fully saturated rings. The number of rotatable bonds is 1. The number of para-hydroxylation sites is 2. The Labute approximate surface area is 160 Å². The highest BCUT2D eigenvalue weighted by Gasteiger charge is 2.30. The molecule has 0 unspecified atom stereocenters. The zero-order chi connectivity index (χ0) is 19.3. The van der Waals surface area contributed by atoms with Crippen LogP contribution in [0.5, 0.6) is 0 Å². The predicted octanol–water partition coefficient (Wildman–Crippen LogP) is 1.86. The Morgan fingerprint density at radius 2 is 1.75 bits per heavy atom. The molecule has 0 N–H and O–H groups in total. The average Bonchev–Trinajstić information content (AvgIpc) is 3.09. The quantitative estimate of drug-likeness (QED) is 0.502. The van der Waals surface area contributed by atoms with Crippen molar-refractivity contribution < 1.29 is 4.79 Å². The van der Waals surface area contributed by atoms with Crippen molar-refractivity contribution in [2.24, 2.45) is 0 Å². The van der Waals surface area contributed by atoms with Crippen LogP contribution in [0.25, 0.3) is 16.8 Å². The van der Waals surface area contributed by atoms with Gasteiger partial charge in [0.2, 0.25) is 5.82 Å². The van der Waals surface area contributed by atoms with Gasteiger partial charge in [0.05, 0.1) is 11.0 Å². The Kier molecular flexibility index (Phi) is 3.68. The van der Waals surface area contributed by atoms with Crippen molar-refractivity contribution in [1.29, 1.82) is 0 Å². The number of benzene rings is 1. The number of hydrogen-bond acceptors (Lipinski definition) is 7. The number of hydrogen-bond donors (Lipinski definition) is 0. The molecule has 0 bridgehead atoms. The second kappa shape index (κ2) is 6.22. The van der Waals surface area contributed by atoms with Crippen LogP contribution in [0.4, 0.5) is 11.6 Å². The number of carbonyl (C=O) groups is 1. The highest BCUT2D eigenvalue weighted by Crippen LogP contribution is 2.30. The van der Waals surface area contributed by atoms with E-state index in [-0.39, 0.29) is 11.7 Å². The van der Waals surface area contributed by atoms with Crippen LogP contribution in [0.3, 0.4) is 0 Å². The van der Waals surface area contributed by atoms with Gasteiger partial charge in [-0.25, -0.2) is 19.5 Å². The molecule has 1 aliphatic heterocycles. The maximum atomic E-state index is 13.3. The zero-order valence-corrected chi connectivity index (χ0v) is 15.6. The maximum Gasteiger partial charge on any atom is 0.299 e. The van der Waals surface area contributed by atoms with Gasteiger partial charge in [-0.3, -0.25) is 9.69 Å². The molecule has 9 heteroatoms. The molecule has 1 aliphatic rings. The fourth-order valence-electron chi connectivity index (χ4n) is 3.41. The molecular formula is C19H18N8O. The van der Waals surface area contributed by atoms with E-state index < -0.39 is 0 Å². The van der Waals surface area contributed by atoms with Crippen LogP contribution in [0, 0.1) is 6.92 Å². The summed E-state index contributed by atoms with van der Waals surface area (Å²) in [6.07, 6.45) is 2.45. The van der Waals surface area contributed by atoms with Crippen LogP contribution in [0.1, 0.15) is 22.7 Å². The fourth-order valence-corrected chi connectivity index (χ4v) is 3.41. The minimum absolute atomic E-state index is 0.104. The van der Waals surface area contributed by atoms with E-state index in [0.29, 0.717) is 24.0 Å². The predicted molar refractivity (Wildman–Crippen MR) is 105 cm³/mol. The van der Waals surface area contributed by atoms with Gasteiger partial charge in [-0.1, -0.05) is 12.1 Å². The molecule has 0 atom stereocenters. The second-order valence-corrected chi connectivity index (χ2v) is 6.82. The Hall–Kier alpha value is -3.62. The Morgan fingerprint density at radius 1 is 1.00 bits per heavy atom. The lowest BCUT2D eigenvalue weighted by atomic mass is 10.3. The van der Waals surface area contributed by atoms with Crippen molar-refractivity contribution in [2.45, 2.75) is 13.3 Å². The molecule has 0 aliphatic carbocycles. The number of aryl methyl sites for hydroxylation is 1. The highest BCUT2D eigenvalue weighted by molar-refractivity contribution is 6.05. The number of carbonyl (C=O) groups excluding carboxylic acids is 1. The van der Waals surface area contributed by atoms with Gasteiger partial charge in [0.15, 0.2) is 11.6 Å². The van der Waals surface area contributed by atoms with E-state index in [9.17, 15) is 4.79 Å². The second-order valence-electron chi connectivity index (χ2n) is 6.82. The smallest absolute Gasteiger partial charge is 0.299 e. The van der Waals surface area contributed by atoms with E-state index in [1.807, 2.05) is 49.2 Å². The molecule has 28 heavy (non-hydrogen) atoms. The summed E-state index contributed by atoms with van der Waals surface area (Å²) in [4.78, 5) is 35.0. The van der Waals surface area contributed by atoms with Gasteiger partial charge >= 0.3 is 0 Å². The lowest BCUT2D eigenvalue weighted by Gasteiger charge is -2.21. The summed E-state index contributed by atoms with van der Waals surface area (Å²) in [6.45, 7) is 3.19. The van der Waals surface area contributed by atoms with Crippen molar-refractivity contribution in [3.8, 4) is 0 Å². The SMILES string of the molecule is Cc1ccnc2nc(C(=O)N3CCCN(C)c4nc5ccccc5nc43)nn12. The van der Waals surface area contributed by atoms with Crippen LogP contribution in [0.15, 0.2) is 36.5 Å². The van der Waals surface area contributed by atoms with Crippen LogP contribution in [-0.4, -0.2) is 55.6 Å². The number of anilines is 2. The monoisotopic (exact) mass is 374 g/mol. The Balaban J connectivity index is 1.64. The molecule has 4 aromatic rings. The average molecular weight is 374 g/mol. The van der Waals surface area contributed by atoms with Gasteiger partial charge in [0.1, 0.15) is 0 Å². The van der Waals surface area contributed by atoms with Gasteiger partial charge in [-0.05, 0) is 31.5 Å². The van der Waals surface area contributed by atoms with E-state index >= 15 is 0 Å². The summed E-state index contributed by atoms with van der Waals surface area (Å²) in [5.74, 6) is 1.42. The molecule has 1 amide bonds. The zero-order valence-electron chi connectivity index (χ0n) is 15.6. The molecule has 5 rings (SSSR count). The number of aromatic nitrogens is 6. The molecule has 1 aromatic carbocycles. The van der Waals surface area contributed by atoms with Gasteiger partial charge < -0.3 is 4.90 Å². The Morgan fingerprint density at radius 3 is 2.50 bits per heavy atom. The van der Waals surface area contributed by atoms with E-state index in [4.69, 9.17) is 9.97 Å². The number of fused-ring (bicyclic) bond motifs is 3. The third-order valence-corrected chi connectivity index (χ3v) is 4.89. The molecule has 0 saturated carbocycles. The number of amides is 1. The molecule has 140 valence electrons. The molecular weight excluding hydrogens is 356 g/mol. The minimum atomic E-state index is -0.300. The summed E-state index contributed by atoms with van der Waals surface area (Å²) in [5.41, 5.74) is 2.40. The highest BCUT2D eigenvalue weighted by atomic mass is 16.2. The number of nitrogens with zero attached hydrogens (tertiary/aromatic N) is 8. The summed E-state index contributed by atoms with van der Waals surface area (Å²) >= 11 is 0. The first-order valence-corrected chi connectivity index (χ1v) is 9.10. The first-order chi connectivity index (χ1) is 13.6. The van der Waals surface area contributed by atoms with Gasteiger partial charge in [0.25, 0.3) is 11.7 Å². The van der Waals surface area contributed by atoms with Crippen molar-refractivity contribution >= 4 is 34.4 Å². The van der Waals surface area contributed by atoms with Crippen molar-refractivity contribution in [2.75, 3.05) is 29.9 Å². The third-order valence-electron chi connectivity index (χ3n) is 4.89. The van der Waals surface area contributed by atoms with Crippen molar-refractivity contribution in [3.05, 3.63) is 48.0 Å². The summed E-state index contributed by atoms with van der Waals surface area (Å²) < 4.78 is 1.57. The lowest BCUT2D eigenvalue weighted by molar-refractivity contribution is 0.0977. The third kappa shape index (κ3) is 2.55. The molecule has 9 nitrogen and oxygen atoms in total. The van der Waals surface area contributed by atoms with E-state index in [2.05, 4.69) is 15.1 Å². The van der Waals surface area contributed by atoms with E-state index in [0.717, 1.165) is 29.7 Å².